The van der Waals surface area contributed by atoms with Crippen LogP contribution >= 0.6 is 0 Å². The maximum absolute atomic E-state index is 9.34. The molecule has 0 rings (SSSR count). The highest BCUT2D eigenvalue weighted by Gasteiger charge is 2.28. The fourth-order valence-electron chi connectivity index (χ4n) is 1.88. The Hall–Kier alpha value is -0.160. The predicted molar refractivity (Wildman–Crippen MR) is 58.3 cm³/mol. The average Bonchev–Trinajstić information content (AvgIpc) is 2.01. The van der Waals surface area contributed by atoms with Gasteiger partial charge in [-0.25, -0.2) is 0 Å². The van der Waals surface area contributed by atoms with E-state index in [4.69, 9.17) is 0 Å². The van der Waals surface area contributed by atoms with Crippen LogP contribution in [0.25, 0.3) is 0 Å². The maximum Gasteiger partial charge on any atom is 0.0529 e. The van der Waals surface area contributed by atoms with E-state index in [0.29, 0.717) is 12.8 Å². The number of hydrogen-bond donors (Lipinski definition) is 3. The second-order valence-electron chi connectivity index (χ2n) is 3.99. The van der Waals surface area contributed by atoms with Crippen molar-refractivity contribution in [2.45, 2.75) is 57.8 Å². The van der Waals surface area contributed by atoms with E-state index in [1.165, 1.54) is 0 Å². The summed E-state index contributed by atoms with van der Waals surface area (Å²) in [6.07, 6.45) is 1.63. The highest BCUT2D eigenvalue weighted by Crippen LogP contribution is 2.23. The number of hydrogen-bond acceptors (Lipinski definition) is 3. The van der Waals surface area contributed by atoms with Crippen LogP contribution in [0.3, 0.4) is 0 Å². The lowest BCUT2D eigenvalue weighted by Crippen LogP contribution is -2.46. The molecule has 0 aromatic rings. The Bertz CT molecular complexity index is 121. The third-order valence-corrected chi connectivity index (χ3v) is 2.58. The Labute approximate surface area is 86.6 Å². The van der Waals surface area contributed by atoms with Crippen LogP contribution in [0.1, 0.15) is 40.0 Å². The van der Waals surface area contributed by atoms with E-state index in [9.17, 15) is 10.2 Å². The van der Waals surface area contributed by atoms with E-state index in [-0.39, 0.29) is 23.2 Å². The predicted octanol–water partition coefficient (Wildman–Crippen LogP) is 0.0717. The van der Waals surface area contributed by atoms with Gasteiger partial charge in [-0.05, 0) is 40.2 Å². The number of nitrogens with one attached hydrogen (secondary N) is 1. The fourth-order valence-corrected chi connectivity index (χ4v) is 1.88. The SMILES string of the molecule is CCC(CC(C)O)(CC(C)O)NC.O. The Morgan fingerprint density at radius 3 is 1.64 bits per heavy atom. The standard InChI is InChI=1S/C10H23NO2.H2O/c1-5-10(11-4,6-8(2)12)7-9(3)13;/h8-9,11-13H,5-7H2,1-4H3;1H2. The maximum atomic E-state index is 9.34. The molecular weight excluding hydrogens is 182 g/mol. The van der Waals surface area contributed by atoms with Gasteiger partial charge in [0.2, 0.25) is 0 Å². The minimum Gasteiger partial charge on any atom is -0.412 e. The lowest BCUT2D eigenvalue weighted by atomic mass is 9.84. The zero-order valence-corrected chi connectivity index (χ0v) is 9.67. The molecule has 0 aliphatic rings. The zero-order chi connectivity index (χ0) is 10.5. The quantitative estimate of drug-likeness (QED) is 0.576. The van der Waals surface area contributed by atoms with Crippen molar-refractivity contribution in [3.05, 3.63) is 0 Å². The Kier molecular flexibility index (Phi) is 8.34. The molecule has 0 aliphatic heterocycles. The molecule has 88 valence electrons. The van der Waals surface area contributed by atoms with E-state index in [1.54, 1.807) is 13.8 Å². The lowest BCUT2D eigenvalue weighted by Gasteiger charge is -2.35. The molecule has 0 saturated heterocycles. The van der Waals surface area contributed by atoms with Crippen LogP contribution in [-0.2, 0) is 0 Å². The molecule has 0 radical (unpaired) electrons. The van der Waals surface area contributed by atoms with Crippen molar-refractivity contribution in [1.82, 2.24) is 5.32 Å². The van der Waals surface area contributed by atoms with E-state index in [1.807, 2.05) is 7.05 Å². The van der Waals surface area contributed by atoms with Crippen LogP contribution in [0.4, 0.5) is 0 Å². The van der Waals surface area contributed by atoms with Gasteiger partial charge in [0, 0.05) is 5.54 Å². The van der Waals surface area contributed by atoms with Gasteiger partial charge in [0.1, 0.15) is 0 Å². The zero-order valence-electron chi connectivity index (χ0n) is 9.67. The van der Waals surface area contributed by atoms with Crippen LogP contribution in [0.5, 0.6) is 0 Å². The summed E-state index contributed by atoms with van der Waals surface area (Å²) in [6.45, 7) is 5.63. The summed E-state index contributed by atoms with van der Waals surface area (Å²) < 4.78 is 0. The summed E-state index contributed by atoms with van der Waals surface area (Å²) in [5, 5.41) is 21.9. The molecule has 0 aliphatic carbocycles. The van der Waals surface area contributed by atoms with Crippen molar-refractivity contribution in [3.63, 3.8) is 0 Å². The highest BCUT2D eigenvalue weighted by atomic mass is 16.3. The molecule has 0 heterocycles. The molecule has 0 aromatic carbocycles. The van der Waals surface area contributed by atoms with E-state index in [2.05, 4.69) is 12.2 Å². The van der Waals surface area contributed by atoms with Gasteiger partial charge in [0.05, 0.1) is 12.2 Å². The summed E-state index contributed by atoms with van der Waals surface area (Å²) in [4.78, 5) is 0. The van der Waals surface area contributed by atoms with E-state index in [0.717, 1.165) is 6.42 Å². The first-order valence-corrected chi connectivity index (χ1v) is 5.01. The smallest absolute Gasteiger partial charge is 0.0529 e. The molecule has 14 heavy (non-hydrogen) atoms. The Morgan fingerprint density at radius 1 is 1.14 bits per heavy atom. The van der Waals surface area contributed by atoms with Crippen LogP contribution in [0.15, 0.2) is 0 Å². The molecule has 2 unspecified atom stereocenters. The largest absolute Gasteiger partial charge is 0.412 e. The molecular formula is C10H25NO3. The summed E-state index contributed by atoms with van der Waals surface area (Å²) in [6, 6.07) is 0. The second-order valence-corrected chi connectivity index (χ2v) is 3.99. The van der Waals surface area contributed by atoms with Gasteiger partial charge in [-0.15, -0.1) is 0 Å². The molecule has 4 nitrogen and oxygen atoms in total. The molecule has 0 aromatic heterocycles. The van der Waals surface area contributed by atoms with Crippen LogP contribution in [-0.4, -0.2) is 40.5 Å². The molecule has 0 fully saturated rings. The normalized spacial score (nSPS) is 19.3. The highest BCUT2D eigenvalue weighted by molar-refractivity contribution is 4.88. The van der Waals surface area contributed by atoms with Crippen molar-refractivity contribution in [1.29, 1.82) is 0 Å². The first-order chi connectivity index (χ1) is 5.95. The van der Waals surface area contributed by atoms with Crippen LogP contribution < -0.4 is 5.32 Å². The summed E-state index contributed by atoms with van der Waals surface area (Å²) in [5.41, 5.74) is -0.123. The third-order valence-electron chi connectivity index (χ3n) is 2.58. The van der Waals surface area contributed by atoms with E-state index >= 15 is 0 Å². The fraction of sp³-hybridized carbons (Fsp3) is 1.00. The topological polar surface area (TPSA) is 84.0 Å². The lowest BCUT2D eigenvalue weighted by molar-refractivity contribution is 0.0869. The van der Waals surface area contributed by atoms with Gasteiger partial charge in [-0.2, -0.15) is 0 Å². The monoisotopic (exact) mass is 207 g/mol. The third kappa shape index (κ3) is 5.54. The number of aliphatic hydroxyl groups is 2. The summed E-state index contributed by atoms with van der Waals surface area (Å²) in [7, 11) is 1.88. The molecule has 0 amide bonds. The van der Waals surface area contributed by atoms with Gasteiger partial charge in [-0.1, -0.05) is 6.92 Å². The minimum atomic E-state index is -0.328. The van der Waals surface area contributed by atoms with Crippen molar-refractivity contribution >= 4 is 0 Å². The van der Waals surface area contributed by atoms with Crippen molar-refractivity contribution in [2.24, 2.45) is 0 Å². The van der Waals surface area contributed by atoms with Gasteiger partial charge in [-0.3, -0.25) is 0 Å². The summed E-state index contributed by atoms with van der Waals surface area (Å²) >= 11 is 0. The van der Waals surface area contributed by atoms with Crippen molar-refractivity contribution < 1.29 is 15.7 Å². The van der Waals surface area contributed by atoms with Crippen molar-refractivity contribution in [2.75, 3.05) is 7.05 Å². The average molecular weight is 207 g/mol. The Balaban J connectivity index is 0. The van der Waals surface area contributed by atoms with Gasteiger partial charge >= 0.3 is 0 Å². The first-order valence-electron chi connectivity index (χ1n) is 5.01. The first kappa shape index (κ1) is 16.3. The molecule has 0 bridgehead atoms. The molecule has 2 atom stereocenters. The van der Waals surface area contributed by atoms with Gasteiger partial charge < -0.3 is 21.0 Å². The summed E-state index contributed by atoms with van der Waals surface area (Å²) in [5.74, 6) is 0. The molecule has 0 spiro atoms. The Morgan fingerprint density at radius 2 is 1.50 bits per heavy atom. The van der Waals surface area contributed by atoms with E-state index < -0.39 is 0 Å². The second kappa shape index (κ2) is 7.17. The minimum absolute atomic E-state index is 0. The number of rotatable bonds is 6. The van der Waals surface area contributed by atoms with Crippen LogP contribution in [0.2, 0.25) is 0 Å². The van der Waals surface area contributed by atoms with Crippen molar-refractivity contribution in [3.8, 4) is 0 Å². The number of aliphatic hydroxyl groups excluding tert-OH is 2. The van der Waals surface area contributed by atoms with Gasteiger partial charge in [0.15, 0.2) is 0 Å². The molecule has 4 heteroatoms. The van der Waals surface area contributed by atoms with Gasteiger partial charge in [0.25, 0.3) is 0 Å². The molecule has 5 N–H and O–H groups in total. The van der Waals surface area contributed by atoms with Crippen LogP contribution in [0, 0.1) is 0 Å². The molecule has 0 saturated carbocycles.